The quantitative estimate of drug-likeness (QED) is 0.146. The molecule has 0 bridgehead atoms. The topological polar surface area (TPSA) is 140 Å². The number of ether oxygens (including phenoxy) is 1. The Kier molecular flexibility index (Phi) is 14.8. The highest BCUT2D eigenvalue weighted by molar-refractivity contribution is 5.93. The van der Waals surface area contributed by atoms with Crippen LogP contribution in [0.1, 0.15) is 56.8 Å². The maximum Gasteiger partial charge on any atom is 0.245 e. The average molecular weight is 591 g/mol. The number of rotatable bonds is 20. The highest BCUT2D eigenvalue weighted by Crippen LogP contribution is 2.33. The number of hydrogen-bond acceptors (Lipinski definition) is 7. The lowest BCUT2D eigenvalue weighted by Gasteiger charge is -2.31. The lowest BCUT2D eigenvalue weighted by Crippen LogP contribution is -2.57. The maximum atomic E-state index is 13.4. The van der Waals surface area contributed by atoms with Crippen molar-refractivity contribution in [2.75, 3.05) is 26.7 Å². The molecule has 5 N–H and O–H groups in total. The Labute approximate surface area is 248 Å². The van der Waals surface area contributed by atoms with E-state index in [-0.39, 0.29) is 30.9 Å². The number of nitrogens with zero attached hydrogens (tertiary/aromatic N) is 1. The molecule has 1 aromatic carbocycles. The molecule has 0 radical (unpaired) electrons. The zero-order valence-corrected chi connectivity index (χ0v) is 24.9. The molecule has 1 aromatic rings. The summed E-state index contributed by atoms with van der Waals surface area (Å²) in [5, 5.41) is 29.6. The van der Waals surface area contributed by atoms with Gasteiger partial charge in [-0.2, -0.15) is 0 Å². The summed E-state index contributed by atoms with van der Waals surface area (Å²) in [6.45, 7) is 10.9. The molecule has 0 heterocycles. The van der Waals surface area contributed by atoms with E-state index in [0.29, 0.717) is 30.7 Å². The minimum Gasteiger partial charge on any atom is -0.393 e. The second kappa shape index (κ2) is 17.7. The van der Waals surface area contributed by atoms with Crippen LogP contribution in [0.2, 0.25) is 0 Å². The largest absolute Gasteiger partial charge is 0.393 e. The van der Waals surface area contributed by atoms with Crippen LogP contribution in [0.25, 0.3) is 0 Å². The number of carbonyl (C=O) groups excluding carboxylic acids is 3. The van der Waals surface area contributed by atoms with Gasteiger partial charge in [-0.3, -0.25) is 14.4 Å². The fraction of sp³-hybridized carbons (Fsp3) is 0.581. The Bertz CT molecular complexity index is 1030. The van der Waals surface area contributed by atoms with Crippen molar-refractivity contribution in [1.29, 1.82) is 0 Å². The van der Waals surface area contributed by atoms with Crippen molar-refractivity contribution in [1.82, 2.24) is 20.9 Å². The summed E-state index contributed by atoms with van der Waals surface area (Å²) in [5.74, 6) is -1.39. The molecule has 1 saturated carbocycles. The highest BCUT2D eigenvalue weighted by Gasteiger charge is 2.40. The molecule has 10 nitrogen and oxygen atoms in total. The van der Waals surface area contributed by atoms with Crippen LogP contribution < -0.4 is 16.0 Å². The number of amides is 3. The second-order valence-corrected chi connectivity index (χ2v) is 10.8. The molecule has 3 unspecified atom stereocenters. The Hall–Kier alpha value is -3.12. The van der Waals surface area contributed by atoms with Crippen molar-refractivity contribution in [3.63, 3.8) is 0 Å². The van der Waals surface area contributed by atoms with Crippen molar-refractivity contribution in [3.8, 4) is 0 Å². The van der Waals surface area contributed by atoms with Gasteiger partial charge in [0.2, 0.25) is 17.7 Å². The molecular weight excluding hydrogens is 543 g/mol. The van der Waals surface area contributed by atoms with Gasteiger partial charge in [0.05, 0.1) is 24.9 Å². The number of nitrogens with one attached hydrogen (secondary N) is 3. The van der Waals surface area contributed by atoms with E-state index in [1.54, 1.807) is 19.1 Å². The molecule has 1 aliphatic carbocycles. The third-order valence-corrected chi connectivity index (χ3v) is 7.38. The van der Waals surface area contributed by atoms with Gasteiger partial charge in [-0.05, 0) is 56.6 Å². The fourth-order valence-corrected chi connectivity index (χ4v) is 4.40. The number of likely N-dealkylation sites (N-methyl/N-ethyl adjacent to an activating group) is 1. The molecule has 2 rings (SSSR count). The molecule has 1 fully saturated rings. The zero-order valence-electron chi connectivity index (χ0n) is 24.9. The Balaban J connectivity index is 2.12. The van der Waals surface area contributed by atoms with Crippen molar-refractivity contribution in [3.05, 3.63) is 60.7 Å². The first-order valence-electron chi connectivity index (χ1n) is 14.5. The lowest BCUT2D eigenvalue weighted by atomic mass is 9.99. The summed E-state index contributed by atoms with van der Waals surface area (Å²) in [4.78, 5) is 41.3. The van der Waals surface area contributed by atoms with Crippen LogP contribution in [0.15, 0.2) is 49.6 Å². The predicted molar refractivity (Wildman–Crippen MR) is 159 cm³/mol. The van der Waals surface area contributed by atoms with Gasteiger partial charge in [-0.1, -0.05) is 36.4 Å². The monoisotopic (exact) mass is 590 g/mol. The summed E-state index contributed by atoms with van der Waals surface area (Å²) in [7, 11) is 1.53. The number of benzene rings is 1. The molecule has 0 spiro atoms. The van der Waals surface area contributed by atoms with Gasteiger partial charge in [-0.15, -0.1) is 13.2 Å². The normalized spacial score (nSPS) is 17.2. The summed E-state index contributed by atoms with van der Waals surface area (Å²) in [5.41, 5.74) is 0.712. The van der Waals surface area contributed by atoms with Crippen molar-refractivity contribution < 1.29 is 33.7 Å². The molecule has 42 heavy (non-hydrogen) atoms. The zero-order chi connectivity index (χ0) is 31.2. The van der Waals surface area contributed by atoms with Crippen LogP contribution in [-0.2, 0) is 25.8 Å². The summed E-state index contributed by atoms with van der Waals surface area (Å²) >= 11 is 0. The van der Waals surface area contributed by atoms with Gasteiger partial charge < -0.3 is 35.8 Å². The van der Waals surface area contributed by atoms with Crippen molar-refractivity contribution >= 4 is 17.7 Å². The highest BCUT2D eigenvalue weighted by atomic mass is 19.1. The van der Waals surface area contributed by atoms with E-state index < -0.39 is 48.8 Å². The van der Waals surface area contributed by atoms with Gasteiger partial charge in [-0.25, -0.2) is 4.39 Å². The molecule has 3 amide bonds. The fourth-order valence-electron chi connectivity index (χ4n) is 4.40. The Morgan fingerprint density at radius 1 is 1.12 bits per heavy atom. The van der Waals surface area contributed by atoms with Crippen LogP contribution in [0.5, 0.6) is 0 Å². The first-order chi connectivity index (χ1) is 20.0. The van der Waals surface area contributed by atoms with E-state index >= 15 is 0 Å². The standard InChI is InChI=1S/C31H47FN4O6/c1-6-8-25(37)15-16-33-30(40)27(28(38)24-11-9-22(18-32)10-12-24)35-29(39)21(4)36(5)31(41)26(23-13-14-23)34-19-20(3)42-17-7-2/h6-7,9-12,20-21,23,25-28,34,37-38H,1-2,8,13-19H2,3-5H3,(H,33,40)(H,35,39)/t20-,21-,25?,26?,27-,28?/m1/s1. The molecule has 234 valence electrons. The van der Waals surface area contributed by atoms with Crippen LogP contribution in [0, 0.1) is 5.92 Å². The van der Waals surface area contributed by atoms with Gasteiger partial charge >= 0.3 is 0 Å². The molecule has 6 atom stereocenters. The molecular formula is C31H47FN4O6. The van der Waals surface area contributed by atoms with Crippen molar-refractivity contribution in [2.45, 2.75) is 82.6 Å². The molecule has 1 aliphatic rings. The molecule has 11 heteroatoms. The third kappa shape index (κ3) is 10.9. The Morgan fingerprint density at radius 2 is 1.79 bits per heavy atom. The minimum atomic E-state index is -1.45. The molecule has 0 saturated heterocycles. The average Bonchev–Trinajstić information content (AvgIpc) is 3.83. The van der Waals surface area contributed by atoms with Crippen LogP contribution >= 0.6 is 0 Å². The number of halogens is 1. The SMILES string of the molecule is C=CCO[C@H](C)CNC(C(=O)N(C)[C@H](C)C(=O)N[C@@H](C(=O)NCCC(O)CC=C)C(O)c1ccc(CF)cc1)C1CC1. The predicted octanol–water partition coefficient (Wildman–Crippen LogP) is 1.92. The first kappa shape index (κ1) is 35.1. The van der Waals surface area contributed by atoms with E-state index in [0.717, 1.165) is 12.8 Å². The van der Waals surface area contributed by atoms with Gasteiger partial charge in [0.1, 0.15) is 24.9 Å². The second-order valence-electron chi connectivity index (χ2n) is 10.8. The number of alkyl halides is 1. The summed E-state index contributed by atoms with van der Waals surface area (Å²) in [6.07, 6.45) is 3.35. The van der Waals surface area contributed by atoms with E-state index in [4.69, 9.17) is 4.74 Å². The molecule has 0 aliphatic heterocycles. The van der Waals surface area contributed by atoms with E-state index in [9.17, 15) is 29.0 Å². The first-order valence-corrected chi connectivity index (χ1v) is 14.5. The minimum absolute atomic E-state index is 0.103. The number of aliphatic hydroxyl groups excluding tert-OH is 2. The van der Waals surface area contributed by atoms with E-state index in [2.05, 4.69) is 29.1 Å². The summed E-state index contributed by atoms with van der Waals surface area (Å²) in [6, 6.07) is 3.11. The van der Waals surface area contributed by atoms with Crippen molar-refractivity contribution in [2.24, 2.45) is 5.92 Å². The summed E-state index contributed by atoms with van der Waals surface area (Å²) < 4.78 is 18.6. The number of hydrogen-bond donors (Lipinski definition) is 5. The van der Waals surface area contributed by atoms with Gasteiger partial charge in [0, 0.05) is 20.1 Å². The number of aliphatic hydroxyl groups is 2. The van der Waals surface area contributed by atoms with Crippen LogP contribution in [-0.4, -0.2) is 89.9 Å². The lowest BCUT2D eigenvalue weighted by molar-refractivity contribution is -0.142. The van der Waals surface area contributed by atoms with Crippen LogP contribution in [0.4, 0.5) is 4.39 Å². The maximum absolute atomic E-state index is 13.4. The van der Waals surface area contributed by atoms with Gasteiger partial charge in [0.15, 0.2) is 0 Å². The molecule has 0 aromatic heterocycles. The third-order valence-electron chi connectivity index (χ3n) is 7.38. The number of carbonyl (C=O) groups is 3. The smallest absolute Gasteiger partial charge is 0.245 e. The Morgan fingerprint density at radius 3 is 2.36 bits per heavy atom. The van der Waals surface area contributed by atoms with Gasteiger partial charge in [0.25, 0.3) is 0 Å². The van der Waals surface area contributed by atoms with E-state index in [1.807, 2.05) is 6.92 Å². The van der Waals surface area contributed by atoms with Crippen LogP contribution in [0.3, 0.4) is 0 Å². The van der Waals surface area contributed by atoms with E-state index in [1.165, 1.54) is 36.2 Å².